The third-order valence-corrected chi connectivity index (χ3v) is 3.64. The van der Waals surface area contributed by atoms with Crippen molar-refractivity contribution >= 4 is 0 Å². The summed E-state index contributed by atoms with van der Waals surface area (Å²) in [6, 6.07) is 10.4. The molecule has 1 aromatic carbocycles. The molecule has 0 bridgehead atoms. The van der Waals surface area contributed by atoms with Crippen LogP contribution in [-0.2, 0) is 0 Å². The van der Waals surface area contributed by atoms with Crippen molar-refractivity contribution in [2.24, 2.45) is 5.41 Å². The Morgan fingerprint density at radius 1 is 1.19 bits per heavy atom. The fourth-order valence-corrected chi connectivity index (χ4v) is 2.87. The van der Waals surface area contributed by atoms with Crippen LogP contribution in [0, 0.1) is 5.41 Å². The van der Waals surface area contributed by atoms with E-state index in [2.05, 4.69) is 38.2 Å². The minimum atomic E-state index is -2.29. The van der Waals surface area contributed by atoms with Crippen LogP contribution in [0.1, 0.15) is 38.8 Å². The molecule has 1 atom stereocenters. The summed E-state index contributed by atoms with van der Waals surface area (Å²) >= 11 is 0. The van der Waals surface area contributed by atoms with Gasteiger partial charge in [-0.25, -0.2) is 8.78 Å². The zero-order valence-electron chi connectivity index (χ0n) is 13.6. The molecule has 1 rings (SSSR count). The highest BCUT2D eigenvalue weighted by Gasteiger charge is 2.31. The second-order valence-electron chi connectivity index (χ2n) is 6.37. The lowest BCUT2D eigenvalue weighted by molar-refractivity contribution is 0.0723. The molecule has 0 saturated carbocycles. The van der Waals surface area contributed by atoms with Gasteiger partial charge in [0.1, 0.15) is 0 Å². The predicted octanol–water partition coefficient (Wildman–Crippen LogP) is 3.95. The molecule has 0 aromatic heterocycles. The van der Waals surface area contributed by atoms with Crippen LogP contribution in [0.5, 0.6) is 0 Å². The average Bonchev–Trinajstić information content (AvgIpc) is 2.38. The Hall–Kier alpha value is -1.00. The lowest BCUT2D eigenvalue weighted by Crippen LogP contribution is -2.43. The zero-order valence-corrected chi connectivity index (χ0v) is 13.6. The highest BCUT2D eigenvalue weighted by atomic mass is 19.3. The molecular formula is C17H28F2N2. The Kier molecular flexibility index (Phi) is 7.26. The quantitative estimate of drug-likeness (QED) is 0.742. The number of hydrogen-bond donors (Lipinski definition) is 1. The number of nitrogens with one attached hydrogen (secondary N) is 1. The van der Waals surface area contributed by atoms with E-state index >= 15 is 0 Å². The standard InChI is InChI=1S/C17H28F2N2/c1-5-11-20-16(14-9-7-6-8-10-14)17(2,3)13-21(4)12-15(18)19/h6-10,15-16,20H,5,11-13H2,1-4H3. The molecule has 1 N–H and O–H groups in total. The molecule has 21 heavy (non-hydrogen) atoms. The van der Waals surface area contributed by atoms with Gasteiger partial charge in [0.05, 0.1) is 6.54 Å². The number of rotatable bonds is 9. The fourth-order valence-electron chi connectivity index (χ4n) is 2.87. The van der Waals surface area contributed by atoms with E-state index in [1.54, 1.807) is 11.9 Å². The summed E-state index contributed by atoms with van der Waals surface area (Å²) < 4.78 is 25.1. The highest BCUT2D eigenvalue weighted by Crippen LogP contribution is 2.34. The van der Waals surface area contributed by atoms with Crippen LogP contribution >= 0.6 is 0 Å². The number of benzene rings is 1. The van der Waals surface area contributed by atoms with Gasteiger partial charge in [0.2, 0.25) is 0 Å². The van der Waals surface area contributed by atoms with Crippen LogP contribution in [0.15, 0.2) is 30.3 Å². The summed E-state index contributed by atoms with van der Waals surface area (Å²) in [5.41, 5.74) is 1.07. The second kappa shape index (κ2) is 8.44. The molecule has 0 radical (unpaired) electrons. The average molecular weight is 298 g/mol. The van der Waals surface area contributed by atoms with Crippen molar-refractivity contribution < 1.29 is 8.78 Å². The normalized spacial score (nSPS) is 13.9. The maximum Gasteiger partial charge on any atom is 0.251 e. The third-order valence-electron chi connectivity index (χ3n) is 3.64. The molecular weight excluding hydrogens is 270 g/mol. The van der Waals surface area contributed by atoms with Gasteiger partial charge in [-0.2, -0.15) is 0 Å². The summed E-state index contributed by atoms with van der Waals surface area (Å²) in [5, 5.41) is 3.57. The number of hydrogen-bond acceptors (Lipinski definition) is 2. The lowest BCUT2D eigenvalue weighted by atomic mass is 9.79. The fraction of sp³-hybridized carbons (Fsp3) is 0.647. The molecule has 1 aromatic rings. The van der Waals surface area contributed by atoms with Gasteiger partial charge in [0, 0.05) is 12.6 Å². The number of alkyl halides is 2. The smallest absolute Gasteiger partial charge is 0.251 e. The monoisotopic (exact) mass is 298 g/mol. The van der Waals surface area contributed by atoms with E-state index in [-0.39, 0.29) is 18.0 Å². The third kappa shape index (κ3) is 6.10. The molecule has 0 amide bonds. The molecule has 0 aliphatic carbocycles. The summed E-state index contributed by atoms with van der Waals surface area (Å²) in [6.07, 6.45) is -1.24. The van der Waals surface area contributed by atoms with Crippen molar-refractivity contribution in [3.8, 4) is 0 Å². The molecule has 0 fully saturated rings. The van der Waals surface area contributed by atoms with E-state index in [0.29, 0.717) is 6.54 Å². The molecule has 1 unspecified atom stereocenters. The Morgan fingerprint density at radius 2 is 1.81 bits per heavy atom. The summed E-state index contributed by atoms with van der Waals surface area (Å²) in [5.74, 6) is 0. The molecule has 0 aliphatic heterocycles. The first kappa shape index (κ1) is 18.1. The zero-order chi connectivity index (χ0) is 15.9. The summed E-state index contributed by atoms with van der Waals surface area (Å²) in [4.78, 5) is 1.72. The van der Waals surface area contributed by atoms with Crippen molar-refractivity contribution in [1.82, 2.24) is 10.2 Å². The molecule has 0 heterocycles. The van der Waals surface area contributed by atoms with Crippen LogP contribution < -0.4 is 5.32 Å². The highest BCUT2D eigenvalue weighted by molar-refractivity contribution is 5.21. The van der Waals surface area contributed by atoms with Crippen LogP contribution in [-0.4, -0.2) is 38.0 Å². The SMILES string of the molecule is CCCNC(c1ccccc1)C(C)(C)CN(C)CC(F)F. The maximum absolute atomic E-state index is 12.5. The summed E-state index contributed by atoms with van der Waals surface area (Å²) in [7, 11) is 1.76. The van der Waals surface area contributed by atoms with E-state index in [1.165, 1.54) is 5.56 Å². The predicted molar refractivity (Wildman–Crippen MR) is 84.8 cm³/mol. The van der Waals surface area contributed by atoms with Gasteiger partial charge in [0.25, 0.3) is 6.43 Å². The van der Waals surface area contributed by atoms with Crippen molar-refractivity contribution in [1.29, 1.82) is 0 Å². The Morgan fingerprint density at radius 3 is 2.33 bits per heavy atom. The molecule has 0 aliphatic rings. The van der Waals surface area contributed by atoms with E-state index in [4.69, 9.17) is 0 Å². The first-order valence-electron chi connectivity index (χ1n) is 7.62. The van der Waals surface area contributed by atoms with Gasteiger partial charge in [-0.15, -0.1) is 0 Å². The van der Waals surface area contributed by atoms with Crippen LogP contribution in [0.2, 0.25) is 0 Å². The van der Waals surface area contributed by atoms with E-state index in [9.17, 15) is 8.78 Å². The van der Waals surface area contributed by atoms with Crippen molar-refractivity contribution in [2.45, 2.75) is 39.7 Å². The first-order valence-corrected chi connectivity index (χ1v) is 7.62. The van der Waals surface area contributed by atoms with E-state index < -0.39 is 6.43 Å². The topological polar surface area (TPSA) is 15.3 Å². The molecule has 0 spiro atoms. The second-order valence-corrected chi connectivity index (χ2v) is 6.37. The summed E-state index contributed by atoms with van der Waals surface area (Å²) in [6.45, 7) is 7.75. The lowest BCUT2D eigenvalue weighted by Gasteiger charge is -2.38. The van der Waals surface area contributed by atoms with Gasteiger partial charge in [-0.1, -0.05) is 51.1 Å². The Bertz CT molecular complexity index is 393. The molecule has 0 saturated heterocycles. The van der Waals surface area contributed by atoms with Gasteiger partial charge < -0.3 is 10.2 Å². The number of halogens is 2. The van der Waals surface area contributed by atoms with Gasteiger partial charge in [0.15, 0.2) is 0 Å². The molecule has 120 valence electrons. The minimum Gasteiger partial charge on any atom is -0.309 e. The van der Waals surface area contributed by atoms with Gasteiger partial charge in [-0.3, -0.25) is 0 Å². The van der Waals surface area contributed by atoms with Crippen molar-refractivity contribution in [3.63, 3.8) is 0 Å². The minimum absolute atomic E-state index is 0.139. The van der Waals surface area contributed by atoms with Crippen molar-refractivity contribution in [3.05, 3.63) is 35.9 Å². The molecule has 4 heteroatoms. The van der Waals surface area contributed by atoms with Gasteiger partial charge in [-0.05, 0) is 31.0 Å². The van der Waals surface area contributed by atoms with Crippen LogP contribution in [0.4, 0.5) is 8.78 Å². The Balaban J connectivity index is 2.85. The largest absolute Gasteiger partial charge is 0.309 e. The molecule has 2 nitrogen and oxygen atoms in total. The van der Waals surface area contributed by atoms with Crippen LogP contribution in [0.25, 0.3) is 0 Å². The van der Waals surface area contributed by atoms with Gasteiger partial charge >= 0.3 is 0 Å². The van der Waals surface area contributed by atoms with Crippen LogP contribution in [0.3, 0.4) is 0 Å². The Labute approximate surface area is 127 Å². The number of nitrogens with zero attached hydrogens (tertiary/aromatic N) is 1. The van der Waals surface area contributed by atoms with Crippen molar-refractivity contribution in [2.75, 3.05) is 26.7 Å². The maximum atomic E-state index is 12.5. The van der Waals surface area contributed by atoms with E-state index in [0.717, 1.165) is 13.0 Å². The first-order chi connectivity index (χ1) is 9.86. The van der Waals surface area contributed by atoms with E-state index in [1.807, 2.05) is 18.2 Å².